The van der Waals surface area contributed by atoms with Gasteiger partial charge < -0.3 is 45.2 Å². The molecule has 2 aromatic carbocycles. The fourth-order valence-electron chi connectivity index (χ4n) is 9.83. The van der Waals surface area contributed by atoms with E-state index in [0.717, 1.165) is 77.4 Å². The lowest BCUT2D eigenvalue weighted by molar-refractivity contribution is -0.122. The Kier molecular flexibility index (Phi) is 9.92. The van der Waals surface area contributed by atoms with Crippen molar-refractivity contribution in [3.8, 4) is 41.1 Å². The fraction of sp³-hybridized carbons (Fsp3) is 0.457. The van der Waals surface area contributed by atoms with Crippen LogP contribution in [-0.4, -0.2) is 54.5 Å². The Morgan fingerprint density at radius 2 is 1.91 bits per heavy atom. The number of nitrogens with zero attached hydrogens (tertiary/aromatic N) is 1. The molecule has 2 aromatic heterocycles. The quantitative estimate of drug-likeness (QED) is 0.101. The molecule has 8 N–H and O–H groups in total. The van der Waals surface area contributed by atoms with E-state index in [9.17, 15) is 25.2 Å². The number of Topliss-reactive ketones (excluding diaryl/α,β-unsaturated/α-hetero) is 1. The first kappa shape index (κ1) is 37.6. The Hall–Kier alpha value is -5.01. The summed E-state index contributed by atoms with van der Waals surface area (Å²) in [6.45, 7) is 2.76. The van der Waals surface area contributed by atoms with Gasteiger partial charge in [-0.15, -0.1) is 0 Å². The average Bonchev–Trinajstić information content (AvgIpc) is 3.93. The van der Waals surface area contributed by atoms with Gasteiger partial charge >= 0.3 is 0 Å². The van der Waals surface area contributed by atoms with Crippen molar-refractivity contribution in [1.29, 1.82) is 0 Å². The van der Waals surface area contributed by atoms with E-state index < -0.39 is 41.8 Å². The number of allylic oxidation sites excluding steroid dienone is 1. The first-order valence-electron chi connectivity index (χ1n) is 20.3. The molecule has 8 atom stereocenters. The molecule has 2 aliphatic carbocycles. The summed E-state index contributed by atoms with van der Waals surface area (Å²) in [5.74, 6) is 9.83. The summed E-state index contributed by atoms with van der Waals surface area (Å²) in [4.78, 5) is 16.6. The number of H-pyrrole nitrogens is 1. The number of benzene rings is 2. The number of carbonyl (C=O) groups is 1. The van der Waals surface area contributed by atoms with Crippen molar-refractivity contribution in [3.63, 3.8) is 0 Å². The van der Waals surface area contributed by atoms with Gasteiger partial charge in [-0.3, -0.25) is 10.1 Å². The van der Waals surface area contributed by atoms with Crippen molar-refractivity contribution in [2.24, 2.45) is 28.9 Å². The van der Waals surface area contributed by atoms with Crippen LogP contribution in [0.4, 0.5) is 0 Å². The summed E-state index contributed by atoms with van der Waals surface area (Å²) in [7, 11) is 0. The van der Waals surface area contributed by atoms with Crippen LogP contribution in [-0.2, 0) is 24.1 Å². The number of aromatic hydroxyl groups is 1. The van der Waals surface area contributed by atoms with Crippen molar-refractivity contribution in [2.75, 3.05) is 6.54 Å². The number of hydrogen-bond acceptors (Lipinski definition) is 9. The highest BCUT2D eigenvalue weighted by Crippen LogP contribution is 2.51. The summed E-state index contributed by atoms with van der Waals surface area (Å²) in [6, 6.07) is 7.15. The predicted molar refractivity (Wildman–Crippen MR) is 214 cm³/mol. The van der Waals surface area contributed by atoms with Gasteiger partial charge in [0.15, 0.2) is 17.7 Å². The maximum atomic E-state index is 13.1. The molecule has 5 aliphatic rings. The third-order valence-electron chi connectivity index (χ3n) is 13.0. The lowest BCUT2D eigenvalue weighted by atomic mass is 9.73. The van der Waals surface area contributed by atoms with Crippen LogP contribution in [0.2, 0.25) is 0 Å². The highest BCUT2D eigenvalue weighted by molar-refractivity contribution is 5.83. The monoisotopic (exact) mass is 770 g/mol. The van der Waals surface area contributed by atoms with Crippen LogP contribution < -0.4 is 20.5 Å². The van der Waals surface area contributed by atoms with Crippen molar-refractivity contribution in [2.45, 2.75) is 102 Å². The summed E-state index contributed by atoms with van der Waals surface area (Å²) in [5, 5.41) is 48.8. The van der Waals surface area contributed by atoms with Gasteiger partial charge in [-0.2, -0.15) is 0 Å². The number of nitrogens with one attached hydrogen (secondary N) is 2. The zero-order valence-corrected chi connectivity index (χ0v) is 32.1. The minimum Gasteiger partial charge on any atom is -0.508 e. The largest absolute Gasteiger partial charge is 0.508 e. The molecule has 0 radical (unpaired) electrons. The molecule has 9 rings (SSSR count). The lowest BCUT2D eigenvalue weighted by Gasteiger charge is -2.35. The number of aliphatic hydroxyl groups excluding tert-OH is 3. The molecule has 11 nitrogen and oxygen atoms in total. The van der Waals surface area contributed by atoms with E-state index in [0.29, 0.717) is 24.2 Å². The number of phenolic OH excluding ortho intramolecular Hbond substituents is 1. The van der Waals surface area contributed by atoms with Crippen LogP contribution in [0.1, 0.15) is 104 Å². The molecule has 0 amide bonds. The lowest BCUT2D eigenvalue weighted by Crippen LogP contribution is -2.36. The van der Waals surface area contributed by atoms with Crippen LogP contribution in [0.3, 0.4) is 0 Å². The minimum absolute atomic E-state index is 0.0587. The maximum absolute atomic E-state index is 13.1. The van der Waals surface area contributed by atoms with Crippen molar-refractivity contribution < 1.29 is 34.7 Å². The third kappa shape index (κ3) is 7.02. The number of nitrogens with two attached hydrogens (primary N) is 1. The van der Waals surface area contributed by atoms with Crippen LogP contribution in [0.5, 0.6) is 17.2 Å². The Labute approximate surface area is 332 Å². The smallest absolute Gasteiger partial charge is 0.191 e. The van der Waals surface area contributed by atoms with Gasteiger partial charge in [0.05, 0.1) is 35.2 Å². The van der Waals surface area contributed by atoms with E-state index >= 15 is 0 Å². The number of rotatable bonds is 6. The van der Waals surface area contributed by atoms with Gasteiger partial charge in [0, 0.05) is 61.8 Å². The van der Waals surface area contributed by atoms with E-state index in [-0.39, 0.29) is 48.6 Å². The molecular formula is C46H50N4O7. The second-order valence-corrected chi connectivity index (χ2v) is 16.8. The fourth-order valence-corrected chi connectivity index (χ4v) is 9.83. The molecule has 1 spiro atoms. The summed E-state index contributed by atoms with van der Waals surface area (Å²) >= 11 is 0. The molecule has 8 unspecified atom stereocenters. The number of fused-ring (bicyclic) bond motifs is 8. The highest BCUT2D eigenvalue weighted by Gasteiger charge is 2.46. The second-order valence-electron chi connectivity index (χ2n) is 16.8. The summed E-state index contributed by atoms with van der Waals surface area (Å²) in [5.41, 5.74) is 12.4. The van der Waals surface area contributed by atoms with Crippen molar-refractivity contribution in [3.05, 3.63) is 88.4 Å². The molecule has 0 saturated heterocycles. The summed E-state index contributed by atoms with van der Waals surface area (Å²) in [6.07, 6.45) is 14.7. The molecule has 1 fully saturated rings. The highest BCUT2D eigenvalue weighted by atomic mass is 16.5. The number of ketones is 1. The zero-order valence-electron chi connectivity index (χ0n) is 32.1. The Bertz CT molecular complexity index is 2370. The van der Waals surface area contributed by atoms with E-state index in [1.807, 2.05) is 48.2 Å². The number of phenols is 1. The zero-order chi connectivity index (χ0) is 39.4. The van der Waals surface area contributed by atoms with Gasteiger partial charge in [-0.05, 0) is 77.5 Å². The Morgan fingerprint density at radius 3 is 2.74 bits per heavy atom. The molecule has 3 aliphatic heterocycles. The number of aryl methyl sites for hydroxylation is 1. The number of aromatic nitrogens is 2. The molecule has 1 saturated carbocycles. The number of hydrogen-bond donors (Lipinski definition) is 7. The van der Waals surface area contributed by atoms with Crippen LogP contribution in [0.15, 0.2) is 55.0 Å². The molecule has 296 valence electrons. The van der Waals surface area contributed by atoms with Gasteiger partial charge in [-0.25, -0.2) is 0 Å². The molecule has 5 heterocycles. The molecule has 4 aromatic rings. The number of aromatic amines is 1. The predicted octanol–water partition coefficient (Wildman–Crippen LogP) is 5.35. The number of carbonyl (C=O) groups excluding carboxylic acids is 1. The molecule has 2 bridgehead atoms. The van der Waals surface area contributed by atoms with Crippen molar-refractivity contribution >= 4 is 16.7 Å². The van der Waals surface area contributed by atoms with Gasteiger partial charge in [0.1, 0.15) is 23.7 Å². The minimum atomic E-state index is -1.07. The number of ether oxygens (including phenoxy) is 2. The Morgan fingerprint density at radius 1 is 1.09 bits per heavy atom. The second kappa shape index (κ2) is 15.1. The number of aliphatic hydroxyl groups is 3. The van der Waals surface area contributed by atoms with E-state index in [1.54, 1.807) is 6.07 Å². The Balaban J connectivity index is 1.08. The molecule has 11 heteroatoms. The standard InChI is InChI=1S/C46H50N4O7/c1-26-4-7-33(40(54)18-26)41(55)21-29(51)6-5-27-20-43-42(22-39(27)53)56-17-15-46(13-2-3-14-46)36-10-11-38(52)31-8-9-32-30(12-16-48-44(32)47)34(31)19-28-23-49-37-25-50(24-35(28)37)45(36)57-43/h4,7-9,20,22-26,33,36,38,40-41,44-45,48-49,52-55H,2-3,5-6,12-14,16,18-19,21,47H2,1H3. The SMILES string of the molecule is CC1C=CC(C(O)CC(=O)CCc2cc3c(cc2O)OC#CC2(CCCC2)C2C#CC(O)c4ccc5c(c4Cc4c[nH]c6cn(cc46)C2O3)CCNC5N)C(O)C1. The molecule has 57 heavy (non-hydrogen) atoms. The first-order valence-corrected chi connectivity index (χ1v) is 20.3. The van der Waals surface area contributed by atoms with Crippen LogP contribution in [0, 0.1) is 47.0 Å². The van der Waals surface area contributed by atoms with Crippen molar-refractivity contribution in [1.82, 2.24) is 14.9 Å². The van der Waals surface area contributed by atoms with Crippen LogP contribution >= 0.6 is 0 Å². The molecular weight excluding hydrogens is 721 g/mol. The van der Waals surface area contributed by atoms with Crippen LogP contribution in [0.25, 0.3) is 10.9 Å². The maximum Gasteiger partial charge on any atom is 0.191 e. The van der Waals surface area contributed by atoms with E-state index in [4.69, 9.17) is 15.2 Å². The average molecular weight is 771 g/mol. The topological polar surface area (TPSA) is 175 Å². The van der Waals surface area contributed by atoms with Gasteiger partial charge in [0.25, 0.3) is 0 Å². The van der Waals surface area contributed by atoms with Gasteiger partial charge in [0.2, 0.25) is 0 Å². The third-order valence-corrected chi connectivity index (χ3v) is 13.0. The van der Waals surface area contributed by atoms with E-state index in [2.05, 4.69) is 40.4 Å². The summed E-state index contributed by atoms with van der Waals surface area (Å²) < 4.78 is 15.1. The van der Waals surface area contributed by atoms with E-state index in [1.165, 1.54) is 6.07 Å². The normalized spacial score (nSPS) is 27.6. The first-order chi connectivity index (χ1) is 27.6. The van der Waals surface area contributed by atoms with Gasteiger partial charge in [-0.1, -0.05) is 61.8 Å².